The zero-order chi connectivity index (χ0) is 23.1. The predicted octanol–water partition coefficient (Wildman–Crippen LogP) is 4.45. The van der Waals surface area contributed by atoms with Crippen molar-refractivity contribution in [2.45, 2.75) is 52.6 Å². The Morgan fingerprint density at radius 1 is 0.719 bits per heavy atom. The number of ether oxygens (including phenoxy) is 2. The standard InChI is InChI=1S/C26H34N2O4/c1-17(2)13-19-15-31-23-11-7-6-10-22(23)26(30)28-20(14-18(3)4)16-32-24-12-8-5-9-21(24)25(29)27-19/h5-12,17-20H,13-16H2,1-4H3,(H,27,29)(H,28,30)/t19-,20-/m0/s1. The van der Waals surface area contributed by atoms with Crippen LogP contribution in [0, 0.1) is 11.8 Å². The molecule has 0 aliphatic carbocycles. The lowest BCUT2D eigenvalue weighted by Crippen LogP contribution is -2.42. The number of hydrogen-bond donors (Lipinski definition) is 2. The van der Waals surface area contributed by atoms with Crippen LogP contribution in [0.4, 0.5) is 0 Å². The number of rotatable bonds is 4. The molecule has 0 radical (unpaired) electrons. The Morgan fingerprint density at radius 3 is 1.47 bits per heavy atom. The second-order valence-corrected chi connectivity index (χ2v) is 9.21. The van der Waals surface area contributed by atoms with Crippen molar-refractivity contribution in [3.63, 3.8) is 0 Å². The summed E-state index contributed by atoms with van der Waals surface area (Å²) in [6.45, 7) is 8.95. The van der Waals surface area contributed by atoms with Crippen LogP contribution >= 0.6 is 0 Å². The summed E-state index contributed by atoms with van der Waals surface area (Å²) in [5.41, 5.74) is 0.960. The van der Waals surface area contributed by atoms with Gasteiger partial charge in [0.2, 0.25) is 0 Å². The molecule has 0 aromatic heterocycles. The Bertz CT molecular complexity index is 850. The highest BCUT2D eigenvalue weighted by atomic mass is 16.5. The van der Waals surface area contributed by atoms with Crippen LogP contribution in [0.25, 0.3) is 0 Å². The number of fused-ring (bicyclic) bond motifs is 2. The lowest BCUT2D eigenvalue weighted by molar-refractivity contribution is 0.0878. The van der Waals surface area contributed by atoms with Gasteiger partial charge in [-0.1, -0.05) is 52.0 Å². The summed E-state index contributed by atoms with van der Waals surface area (Å²) in [4.78, 5) is 26.2. The van der Waals surface area contributed by atoms with E-state index in [0.29, 0.717) is 34.5 Å². The van der Waals surface area contributed by atoms with Crippen molar-refractivity contribution >= 4 is 11.8 Å². The summed E-state index contributed by atoms with van der Waals surface area (Å²) in [5, 5.41) is 6.20. The van der Waals surface area contributed by atoms with Crippen LogP contribution in [0.2, 0.25) is 0 Å². The minimum atomic E-state index is -0.205. The normalized spacial score (nSPS) is 19.7. The molecule has 2 aromatic carbocycles. The smallest absolute Gasteiger partial charge is 0.255 e. The van der Waals surface area contributed by atoms with Crippen molar-refractivity contribution in [2.75, 3.05) is 13.2 Å². The number of benzene rings is 2. The van der Waals surface area contributed by atoms with E-state index in [4.69, 9.17) is 9.47 Å². The summed E-state index contributed by atoms with van der Waals surface area (Å²) in [5.74, 6) is 1.37. The van der Waals surface area contributed by atoms with Gasteiger partial charge in [0.1, 0.15) is 24.7 Å². The fraction of sp³-hybridized carbons (Fsp3) is 0.462. The maximum atomic E-state index is 13.1. The molecule has 32 heavy (non-hydrogen) atoms. The van der Waals surface area contributed by atoms with Crippen LogP contribution in [0.15, 0.2) is 48.5 Å². The first kappa shape index (κ1) is 23.6. The number of nitrogens with one attached hydrogen (secondary N) is 2. The van der Waals surface area contributed by atoms with Crippen molar-refractivity contribution in [3.05, 3.63) is 59.7 Å². The zero-order valence-corrected chi connectivity index (χ0v) is 19.4. The third-order valence-electron chi connectivity index (χ3n) is 5.33. The van der Waals surface area contributed by atoms with Crippen LogP contribution < -0.4 is 20.1 Å². The van der Waals surface area contributed by atoms with Gasteiger partial charge < -0.3 is 20.1 Å². The van der Waals surface area contributed by atoms with Crippen LogP contribution in [-0.4, -0.2) is 37.1 Å². The zero-order valence-electron chi connectivity index (χ0n) is 19.4. The van der Waals surface area contributed by atoms with E-state index < -0.39 is 0 Å². The SMILES string of the molecule is CC(C)C[C@H]1COc2ccccc2C(=O)N[C@@H](CC(C)C)COc2ccccc2C(=O)N1. The molecule has 1 heterocycles. The Morgan fingerprint density at radius 2 is 1.09 bits per heavy atom. The fourth-order valence-electron chi connectivity index (χ4n) is 3.94. The minimum Gasteiger partial charge on any atom is -0.491 e. The molecule has 172 valence electrons. The summed E-state index contributed by atoms with van der Waals surface area (Å²) in [6.07, 6.45) is 1.50. The highest BCUT2D eigenvalue weighted by molar-refractivity contribution is 5.98. The monoisotopic (exact) mass is 438 g/mol. The lowest BCUT2D eigenvalue weighted by Gasteiger charge is -2.25. The molecule has 2 aromatic rings. The van der Waals surface area contributed by atoms with Crippen molar-refractivity contribution in [1.29, 1.82) is 0 Å². The molecule has 2 atom stereocenters. The third-order valence-corrected chi connectivity index (χ3v) is 5.33. The van der Waals surface area contributed by atoms with Crippen LogP contribution in [0.3, 0.4) is 0 Å². The average Bonchev–Trinajstić information content (AvgIpc) is 2.75. The number of amides is 2. The molecule has 2 amide bonds. The quantitative estimate of drug-likeness (QED) is 0.740. The summed E-state index contributed by atoms with van der Waals surface area (Å²) < 4.78 is 12.1. The lowest BCUT2D eigenvalue weighted by atomic mass is 10.0. The first-order chi connectivity index (χ1) is 15.3. The maximum Gasteiger partial charge on any atom is 0.255 e. The molecule has 0 saturated heterocycles. The van der Waals surface area contributed by atoms with Gasteiger partial charge in [-0.2, -0.15) is 0 Å². The van der Waals surface area contributed by atoms with Gasteiger partial charge in [0.05, 0.1) is 23.2 Å². The van der Waals surface area contributed by atoms with E-state index >= 15 is 0 Å². The first-order valence-corrected chi connectivity index (χ1v) is 11.4. The largest absolute Gasteiger partial charge is 0.491 e. The van der Waals surface area contributed by atoms with Gasteiger partial charge in [0.25, 0.3) is 11.8 Å². The average molecular weight is 439 g/mol. The summed E-state index contributed by atoms with van der Waals surface area (Å²) in [6, 6.07) is 14.0. The van der Waals surface area contributed by atoms with E-state index in [0.717, 1.165) is 12.8 Å². The van der Waals surface area contributed by atoms with Gasteiger partial charge in [0.15, 0.2) is 0 Å². The fourth-order valence-corrected chi connectivity index (χ4v) is 3.94. The van der Waals surface area contributed by atoms with Gasteiger partial charge in [-0.3, -0.25) is 9.59 Å². The molecule has 3 rings (SSSR count). The van der Waals surface area contributed by atoms with Gasteiger partial charge >= 0.3 is 0 Å². The van der Waals surface area contributed by atoms with Crippen LogP contribution in [0.1, 0.15) is 61.3 Å². The third kappa shape index (κ3) is 6.49. The number of hydrogen-bond acceptors (Lipinski definition) is 4. The van der Waals surface area contributed by atoms with Gasteiger partial charge in [-0.05, 0) is 48.9 Å². The molecule has 6 nitrogen and oxygen atoms in total. The summed E-state index contributed by atoms with van der Waals surface area (Å²) in [7, 11) is 0. The van der Waals surface area contributed by atoms with E-state index in [1.165, 1.54) is 0 Å². The number of carbonyl (C=O) groups is 2. The Labute approximate surface area is 190 Å². The van der Waals surface area contributed by atoms with Crippen molar-refractivity contribution < 1.29 is 19.1 Å². The second-order valence-electron chi connectivity index (χ2n) is 9.21. The van der Waals surface area contributed by atoms with E-state index in [-0.39, 0.29) is 37.1 Å². The minimum absolute atomic E-state index is 0.190. The van der Waals surface area contributed by atoms with Crippen molar-refractivity contribution in [3.8, 4) is 11.5 Å². The van der Waals surface area contributed by atoms with E-state index in [1.807, 2.05) is 24.3 Å². The van der Waals surface area contributed by atoms with Gasteiger partial charge in [0, 0.05) is 0 Å². The number of carbonyl (C=O) groups excluding carboxylic acids is 2. The maximum absolute atomic E-state index is 13.1. The van der Waals surface area contributed by atoms with E-state index in [1.54, 1.807) is 24.3 Å². The molecular formula is C26H34N2O4. The Hall–Kier alpha value is -3.02. The van der Waals surface area contributed by atoms with Gasteiger partial charge in [-0.15, -0.1) is 0 Å². The second kappa shape index (κ2) is 11.0. The molecule has 0 bridgehead atoms. The van der Waals surface area contributed by atoms with E-state index in [2.05, 4.69) is 38.3 Å². The van der Waals surface area contributed by atoms with Crippen LogP contribution in [-0.2, 0) is 0 Å². The molecule has 0 saturated carbocycles. The molecule has 1 aliphatic rings. The molecule has 0 fully saturated rings. The highest BCUT2D eigenvalue weighted by Crippen LogP contribution is 2.23. The molecule has 0 spiro atoms. The molecule has 1 aliphatic heterocycles. The van der Waals surface area contributed by atoms with Crippen molar-refractivity contribution in [1.82, 2.24) is 10.6 Å². The molecule has 6 heteroatoms. The molecule has 2 N–H and O–H groups in total. The Kier molecular flexibility index (Phi) is 8.14. The molecular weight excluding hydrogens is 404 g/mol. The summed E-state index contributed by atoms with van der Waals surface area (Å²) >= 11 is 0. The van der Waals surface area contributed by atoms with E-state index in [9.17, 15) is 9.59 Å². The first-order valence-electron chi connectivity index (χ1n) is 11.4. The highest BCUT2D eigenvalue weighted by Gasteiger charge is 2.23. The van der Waals surface area contributed by atoms with Crippen LogP contribution in [0.5, 0.6) is 11.5 Å². The Balaban J connectivity index is 1.95. The molecule has 0 unspecified atom stereocenters. The topological polar surface area (TPSA) is 76.7 Å². The van der Waals surface area contributed by atoms with Gasteiger partial charge in [-0.25, -0.2) is 0 Å². The number of para-hydroxylation sites is 2. The van der Waals surface area contributed by atoms with Crippen molar-refractivity contribution in [2.24, 2.45) is 11.8 Å². The predicted molar refractivity (Wildman–Crippen MR) is 125 cm³/mol.